The average Bonchev–Trinajstić information content (AvgIpc) is 2.49. The van der Waals surface area contributed by atoms with Crippen molar-refractivity contribution in [3.05, 3.63) is 12.0 Å². The fourth-order valence-electron chi connectivity index (χ4n) is 0.749. The van der Waals surface area contributed by atoms with Gasteiger partial charge in [-0.25, -0.2) is 13.4 Å². The molecule has 2 N–H and O–H groups in total. The molecule has 0 aliphatic rings. The second kappa shape index (κ2) is 3.60. The highest BCUT2D eigenvalue weighted by atomic mass is 32.2. The van der Waals surface area contributed by atoms with Crippen LogP contribution in [-0.2, 0) is 10.0 Å². The van der Waals surface area contributed by atoms with Gasteiger partial charge in [0.05, 0.1) is 12.7 Å². The van der Waals surface area contributed by atoms with Crippen LogP contribution in [0.4, 0.5) is 0 Å². The van der Waals surface area contributed by atoms with Crippen molar-refractivity contribution in [3.8, 4) is 12.3 Å². The van der Waals surface area contributed by atoms with E-state index >= 15 is 0 Å². The second-order valence-electron chi connectivity index (χ2n) is 2.36. The molecule has 6 heteroatoms. The fraction of sp³-hybridized carbons (Fsp3) is 0.286. The topological polar surface area (TPSA) is 74.8 Å². The van der Waals surface area contributed by atoms with Crippen LogP contribution in [0.3, 0.4) is 0 Å². The summed E-state index contributed by atoms with van der Waals surface area (Å²) in [5.74, 6) is 2.72. The van der Waals surface area contributed by atoms with E-state index in [2.05, 4.69) is 20.6 Å². The number of nitrogens with zero attached hydrogens (tertiary/aromatic N) is 1. The number of aromatic amines is 1. The minimum absolute atomic E-state index is 0.0274. The predicted octanol–water partition coefficient (Wildman–Crippen LogP) is -0.370. The summed E-state index contributed by atoms with van der Waals surface area (Å²) in [6.07, 6.45) is 6.16. The summed E-state index contributed by atoms with van der Waals surface area (Å²) in [6.45, 7) is 1.64. The molecule has 70 valence electrons. The maximum absolute atomic E-state index is 11.3. The highest BCUT2D eigenvalue weighted by Crippen LogP contribution is 2.03. The van der Waals surface area contributed by atoms with Crippen LogP contribution in [0, 0.1) is 19.3 Å². The third-order valence-corrected chi connectivity index (χ3v) is 2.64. The molecule has 0 bridgehead atoms. The minimum Gasteiger partial charge on any atom is -0.332 e. The zero-order chi connectivity index (χ0) is 9.90. The molecule has 0 amide bonds. The maximum Gasteiger partial charge on any atom is 0.258 e. The molecule has 1 heterocycles. The van der Waals surface area contributed by atoms with Gasteiger partial charge in [-0.2, -0.15) is 4.72 Å². The predicted molar refractivity (Wildman–Crippen MR) is 47.3 cm³/mol. The summed E-state index contributed by atoms with van der Waals surface area (Å²) in [7, 11) is -3.51. The first-order chi connectivity index (χ1) is 6.06. The number of aromatic nitrogens is 2. The van der Waals surface area contributed by atoms with E-state index in [9.17, 15) is 8.42 Å². The average molecular weight is 199 g/mol. The zero-order valence-corrected chi connectivity index (χ0v) is 7.85. The van der Waals surface area contributed by atoms with E-state index in [-0.39, 0.29) is 11.6 Å². The Morgan fingerprint density at radius 3 is 2.92 bits per heavy atom. The van der Waals surface area contributed by atoms with E-state index < -0.39 is 10.0 Å². The molecular formula is C7H9N3O2S. The Kier molecular flexibility index (Phi) is 2.70. The van der Waals surface area contributed by atoms with Gasteiger partial charge >= 0.3 is 0 Å². The van der Waals surface area contributed by atoms with Gasteiger partial charge in [0.2, 0.25) is 0 Å². The van der Waals surface area contributed by atoms with E-state index in [1.807, 2.05) is 0 Å². The first-order valence-electron chi connectivity index (χ1n) is 3.51. The number of rotatable bonds is 3. The van der Waals surface area contributed by atoms with Gasteiger partial charge in [0.25, 0.3) is 10.0 Å². The molecular weight excluding hydrogens is 190 g/mol. The Bertz CT molecular complexity index is 427. The molecule has 0 saturated carbocycles. The first kappa shape index (κ1) is 9.77. The van der Waals surface area contributed by atoms with E-state index in [1.165, 1.54) is 6.20 Å². The van der Waals surface area contributed by atoms with Crippen molar-refractivity contribution >= 4 is 10.0 Å². The van der Waals surface area contributed by atoms with Crippen LogP contribution >= 0.6 is 0 Å². The maximum atomic E-state index is 11.3. The molecule has 0 fully saturated rings. The summed E-state index contributed by atoms with van der Waals surface area (Å²) in [5, 5.41) is 0.0280. The van der Waals surface area contributed by atoms with Crippen molar-refractivity contribution in [2.45, 2.75) is 11.9 Å². The molecule has 0 unspecified atom stereocenters. The van der Waals surface area contributed by atoms with Crippen molar-refractivity contribution in [2.24, 2.45) is 0 Å². The van der Waals surface area contributed by atoms with Gasteiger partial charge < -0.3 is 4.98 Å². The van der Waals surface area contributed by atoms with Gasteiger partial charge in [-0.05, 0) is 6.92 Å². The van der Waals surface area contributed by atoms with Crippen LogP contribution in [0.25, 0.3) is 0 Å². The van der Waals surface area contributed by atoms with E-state index in [0.717, 1.165) is 0 Å². The van der Waals surface area contributed by atoms with Gasteiger partial charge in [-0.15, -0.1) is 6.42 Å². The molecule has 0 radical (unpaired) electrons. The largest absolute Gasteiger partial charge is 0.332 e. The Balaban J connectivity index is 2.89. The summed E-state index contributed by atoms with van der Waals surface area (Å²) >= 11 is 0. The van der Waals surface area contributed by atoms with E-state index in [0.29, 0.717) is 5.82 Å². The number of H-pyrrole nitrogens is 1. The van der Waals surface area contributed by atoms with Gasteiger partial charge in [0.1, 0.15) is 5.82 Å². The normalized spacial score (nSPS) is 11.1. The molecule has 0 aliphatic heterocycles. The molecule has 0 aromatic carbocycles. The third-order valence-electron chi connectivity index (χ3n) is 1.33. The van der Waals surface area contributed by atoms with Crippen molar-refractivity contribution in [1.29, 1.82) is 0 Å². The number of terminal acetylenes is 1. The lowest BCUT2D eigenvalue weighted by Gasteiger charge is -1.98. The van der Waals surface area contributed by atoms with E-state index in [1.54, 1.807) is 6.92 Å². The Hall–Kier alpha value is -1.32. The van der Waals surface area contributed by atoms with Crippen LogP contribution in [0.5, 0.6) is 0 Å². The van der Waals surface area contributed by atoms with E-state index in [4.69, 9.17) is 6.42 Å². The minimum atomic E-state index is -3.51. The number of imidazole rings is 1. The Morgan fingerprint density at radius 1 is 1.77 bits per heavy atom. The SMILES string of the molecule is C#CCNS(=O)(=O)c1cnc(C)[nH]1. The van der Waals surface area contributed by atoms with Gasteiger partial charge in [-0.3, -0.25) is 0 Å². The Morgan fingerprint density at radius 2 is 2.46 bits per heavy atom. The summed E-state index contributed by atoms with van der Waals surface area (Å²) < 4.78 is 24.9. The molecule has 0 aliphatic carbocycles. The lowest BCUT2D eigenvalue weighted by molar-refractivity contribution is 0.582. The zero-order valence-electron chi connectivity index (χ0n) is 7.03. The first-order valence-corrected chi connectivity index (χ1v) is 4.99. The molecule has 13 heavy (non-hydrogen) atoms. The summed E-state index contributed by atoms with van der Waals surface area (Å²) in [6, 6.07) is 0. The number of nitrogens with one attached hydrogen (secondary N) is 2. The number of hydrogen-bond donors (Lipinski definition) is 2. The molecule has 1 aromatic rings. The second-order valence-corrected chi connectivity index (χ2v) is 4.10. The van der Waals surface area contributed by atoms with Gasteiger partial charge in [0.15, 0.2) is 5.03 Å². The van der Waals surface area contributed by atoms with Crippen LogP contribution in [0.1, 0.15) is 5.82 Å². The molecule has 1 aromatic heterocycles. The summed E-state index contributed by atoms with van der Waals surface area (Å²) in [5.41, 5.74) is 0. The highest BCUT2D eigenvalue weighted by Gasteiger charge is 2.14. The molecule has 0 atom stereocenters. The third kappa shape index (κ3) is 2.31. The van der Waals surface area contributed by atoms with Crippen LogP contribution in [0.15, 0.2) is 11.2 Å². The summed E-state index contributed by atoms with van der Waals surface area (Å²) in [4.78, 5) is 6.36. The van der Waals surface area contributed by atoms with Crippen LogP contribution in [0.2, 0.25) is 0 Å². The Labute approximate surface area is 76.6 Å². The fourth-order valence-corrected chi connectivity index (χ4v) is 1.65. The quantitative estimate of drug-likeness (QED) is 0.652. The van der Waals surface area contributed by atoms with Crippen molar-refractivity contribution < 1.29 is 8.42 Å². The van der Waals surface area contributed by atoms with Crippen molar-refractivity contribution in [1.82, 2.24) is 14.7 Å². The standard InChI is InChI=1S/C7H9N3O2S/c1-3-4-9-13(11,12)7-5-8-6(2)10-7/h1,5,9H,4H2,2H3,(H,8,10). The molecule has 0 spiro atoms. The monoisotopic (exact) mass is 199 g/mol. The molecule has 1 rings (SSSR count). The van der Waals surface area contributed by atoms with Gasteiger partial charge in [-0.1, -0.05) is 5.92 Å². The van der Waals surface area contributed by atoms with Crippen LogP contribution in [-0.4, -0.2) is 24.9 Å². The number of aryl methyl sites for hydroxylation is 1. The van der Waals surface area contributed by atoms with Crippen molar-refractivity contribution in [3.63, 3.8) is 0 Å². The highest BCUT2D eigenvalue weighted by molar-refractivity contribution is 7.89. The number of sulfonamides is 1. The number of hydrogen-bond acceptors (Lipinski definition) is 3. The lowest BCUT2D eigenvalue weighted by Crippen LogP contribution is -2.24. The smallest absolute Gasteiger partial charge is 0.258 e. The lowest BCUT2D eigenvalue weighted by atomic mass is 10.7. The molecule has 5 nitrogen and oxygen atoms in total. The molecule has 0 saturated heterocycles. The van der Waals surface area contributed by atoms with Crippen molar-refractivity contribution in [2.75, 3.05) is 6.54 Å². The van der Waals surface area contributed by atoms with Gasteiger partial charge in [0, 0.05) is 0 Å². The van der Waals surface area contributed by atoms with Crippen LogP contribution < -0.4 is 4.72 Å².